The number of sulfonamides is 1. The molecule has 2 amide bonds. The van der Waals surface area contributed by atoms with Crippen molar-refractivity contribution in [2.75, 3.05) is 24.2 Å². The van der Waals surface area contributed by atoms with Crippen LogP contribution in [0.4, 0.5) is 5.69 Å². The van der Waals surface area contributed by atoms with Gasteiger partial charge < -0.3 is 15.0 Å². The third kappa shape index (κ3) is 8.30. The molecule has 35 heavy (non-hydrogen) atoms. The number of hydrogen-bond acceptors (Lipinski definition) is 5. The summed E-state index contributed by atoms with van der Waals surface area (Å²) >= 11 is 12.2. The van der Waals surface area contributed by atoms with Crippen molar-refractivity contribution >= 4 is 50.7 Å². The minimum atomic E-state index is -3.90. The molecule has 0 saturated heterocycles. The van der Waals surface area contributed by atoms with Gasteiger partial charge in [-0.05, 0) is 63.6 Å². The van der Waals surface area contributed by atoms with Crippen LogP contribution in [0, 0.1) is 0 Å². The van der Waals surface area contributed by atoms with E-state index in [1.165, 1.54) is 30.2 Å². The van der Waals surface area contributed by atoms with Crippen LogP contribution in [0.3, 0.4) is 0 Å². The molecule has 11 heteroatoms. The maximum atomic E-state index is 13.6. The highest BCUT2D eigenvalue weighted by Crippen LogP contribution is 2.30. The summed E-state index contributed by atoms with van der Waals surface area (Å²) in [5.41, 5.74) is 0.301. The summed E-state index contributed by atoms with van der Waals surface area (Å²) in [4.78, 5) is 27.9. The zero-order chi connectivity index (χ0) is 26.6. The molecule has 0 saturated carbocycles. The van der Waals surface area contributed by atoms with E-state index in [0.29, 0.717) is 16.3 Å². The molecule has 0 aromatic heterocycles. The third-order valence-electron chi connectivity index (χ3n) is 5.01. The van der Waals surface area contributed by atoms with Gasteiger partial charge in [-0.1, -0.05) is 35.3 Å². The van der Waals surface area contributed by atoms with Crippen LogP contribution in [0.1, 0.15) is 33.3 Å². The molecule has 0 fully saturated rings. The molecular weight excluding hydrogens is 513 g/mol. The summed E-state index contributed by atoms with van der Waals surface area (Å²) < 4.78 is 31.4. The fourth-order valence-corrected chi connectivity index (χ4v) is 4.72. The molecular formula is C24H31Cl2N3O5S. The van der Waals surface area contributed by atoms with E-state index in [9.17, 15) is 18.0 Å². The van der Waals surface area contributed by atoms with Crippen molar-refractivity contribution in [1.82, 2.24) is 10.2 Å². The van der Waals surface area contributed by atoms with Crippen LogP contribution in [0.2, 0.25) is 10.0 Å². The molecule has 0 aliphatic rings. The first kappa shape index (κ1) is 28.7. The largest absolute Gasteiger partial charge is 0.497 e. The highest BCUT2D eigenvalue weighted by molar-refractivity contribution is 7.92. The van der Waals surface area contributed by atoms with Crippen molar-refractivity contribution in [2.45, 2.75) is 45.8 Å². The number of carbonyl (C=O) groups excluding carboxylic acids is 2. The smallest absolute Gasteiger partial charge is 0.244 e. The average molecular weight is 545 g/mol. The standard InChI is InChI=1S/C24H31Cl2N3O5S/c1-16(23(31)27-24(2,3)4)28(14-17-8-7-9-19(12-17)34-5)22(30)15-29(35(6,32)33)21-11-10-18(25)13-20(21)26/h7-13,16H,14-15H2,1-6H3,(H,27,31)/t16-/m1/s1. The number of carbonyl (C=O) groups is 2. The van der Waals surface area contributed by atoms with Crippen LogP contribution in [0.5, 0.6) is 5.75 Å². The van der Waals surface area contributed by atoms with Crippen LogP contribution in [-0.4, -0.2) is 56.6 Å². The average Bonchev–Trinajstić information content (AvgIpc) is 2.74. The first-order valence-corrected chi connectivity index (χ1v) is 13.4. The van der Waals surface area contributed by atoms with Crippen molar-refractivity contribution in [2.24, 2.45) is 0 Å². The molecule has 2 aromatic rings. The lowest BCUT2D eigenvalue weighted by Crippen LogP contribution is -2.54. The maximum absolute atomic E-state index is 13.6. The van der Waals surface area contributed by atoms with Crippen LogP contribution in [0.25, 0.3) is 0 Å². The molecule has 0 radical (unpaired) electrons. The fraction of sp³-hybridized carbons (Fsp3) is 0.417. The number of benzene rings is 2. The second kappa shape index (κ2) is 11.5. The summed E-state index contributed by atoms with van der Waals surface area (Å²) in [5, 5.41) is 3.27. The van der Waals surface area contributed by atoms with Crippen molar-refractivity contribution in [3.8, 4) is 5.75 Å². The summed E-state index contributed by atoms with van der Waals surface area (Å²) in [6.45, 7) is 6.59. The van der Waals surface area contributed by atoms with E-state index in [-0.39, 0.29) is 23.2 Å². The molecule has 0 aliphatic heterocycles. The molecule has 1 atom stereocenters. The van der Waals surface area contributed by atoms with Crippen LogP contribution in [-0.2, 0) is 26.2 Å². The summed E-state index contributed by atoms with van der Waals surface area (Å²) in [5.74, 6) is -0.364. The number of nitrogens with zero attached hydrogens (tertiary/aromatic N) is 2. The van der Waals surface area contributed by atoms with Crippen molar-refractivity contribution in [3.05, 3.63) is 58.1 Å². The minimum absolute atomic E-state index is 0.0563. The molecule has 0 heterocycles. The number of halogens is 2. The van der Waals surface area contributed by atoms with E-state index in [0.717, 1.165) is 10.6 Å². The Balaban J connectivity index is 2.45. The Bertz CT molecular complexity index is 1180. The highest BCUT2D eigenvalue weighted by Gasteiger charge is 2.32. The van der Waals surface area contributed by atoms with E-state index in [4.69, 9.17) is 27.9 Å². The van der Waals surface area contributed by atoms with Gasteiger partial charge in [0.15, 0.2) is 0 Å². The number of amides is 2. The Morgan fingerprint density at radius 2 is 1.77 bits per heavy atom. The second-order valence-electron chi connectivity index (χ2n) is 9.15. The third-order valence-corrected chi connectivity index (χ3v) is 6.67. The van der Waals surface area contributed by atoms with Gasteiger partial charge in [0, 0.05) is 17.1 Å². The van der Waals surface area contributed by atoms with Gasteiger partial charge in [-0.25, -0.2) is 8.42 Å². The molecule has 0 bridgehead atoms. The maximum Gasteiger partial charge on any atom is 0.244 e. The topological polar surface area (TPSA) is 96.0 Å². The Labute approximate surface area is 217 Å². The quantitative estimate of drug-likeness (QED) is 0.513. The zero-order valence-corrected chi connectivity index (χ0v) is 23.0. The lowest BCUT2D eigenvalue weighted by atomic mass is 10.1. The monoisotopic (exact) mass is 543 g/mol. The number of rotatable bonds is 9. The van der Waals surface area contributed by atoms with Gasteiger partial charge in [-0.15, -0.1) is 0 Å². The van der Waals surface area contributed by atoms with Gasteiger partial charge >= 0.3 is 0 Å². The number of nitrogens with one attached hydrogen (secondary N) is 1. The molecule has 8 nitrogen and oxygen atoms in total. The van der Waals surface area contributed by atoms with Gasteiger partial charge in [0.05, 0.1) is 24.1 Å². The van der Waals surface area contributed by atoms with Gasteiger partial charge in [0.1, 0.15) is 18.3 Å². The predicted octanol–water partition coefficient (Wildman–Crippen LogP) is 4.10. The molecule has 1 N–H and O–H groups in total. The Kier molecular flexibility index (Phi) is 9.44. The summed E-state index contributed by atoms with van der Waals surface area (Å²) in [6.07, 6.45) is 0.980. The first-order chi connectivity index (χ1) is 16.1. The van der Waals surface area contributed by atoms with E-state index in [2.05, 4.69) is 5.32 Å². The second-order valence-corrected chi connectivity index (χ2v) is 11.9. The normalized spacial score (nSPS) is 12.6. The Hall–Kier alpha value is -2.49. The van der Waals surface area contributed by atoms with E-state index in [1.54, 1.807) is 31.2 Å². The van der Waals surface area contributed by atoms with Gasteiger partial charge in [-0.3, -0.25) is 13.9 Å². The molecule has 0 spiro atoms. The van der Waals surface area contributed by atoms with Gasteiger partial charge in [0.2, 0.25) is 21.8 Å². The number of ether oxygens (including phenoxy) is 1. The Morgan fingerprint density at radius 1 is 1.11 bits per heavy atom. The molecule has 2 aromatic carbocycles. The summed E-state index contributed by atoms with van der Waals surface area (Å²) in [6, 6.07) is 10.5. The van der Waals surface area contributed by atoms with Crippen molar-refractivity contribution in [3.63, 3.8) is 0 Å². The van der Waals surface area contributed by atoms with Crippen LogP contribution < -0.4 is 14.4 Å². The van der Waals surface area contributed by atoms with E-state index in [1.807, 2.05) is 20.8 Å². The molecule has 192 valence electrons. The molecule has 2 rings (SSSR count). The molecule has 0 unspecified atom stereocenters. The zero-order valence-electron chi connectivity index (χ0n) is 20.6. The minimum Gasteiger partial charge on any atom is -0.497 e. The van der Waals surface area contributed by atoms with Crippen molar-refractivity contribution in [1.29, 1.82) is 0 Å². The van der Waals surface area contributed by atoms with Crippen molar-refractivity contribution < 1.29 is 22.7 Å². The lowest BCUT2D eigenvalue weighted by Gasteiger charge is -2.33. The van der Waals surface area contributed by atoms with Crippen LogP contribution in [0.15, 0.2) is 42.5 Å². The SMILES string of the molecule is COc1cccc(CN(C(=O)CN(c2ccc(Cl)cc2Cl)S(C)(=O)=O)[C@H](C)C(=O)NC(C)(C)C)c1. The first-order valence-electron chi connectivity index (χ1n) is 10.8. The fourth-order valence-electron chi connectivity index (χ4n) is 3.30. The molecule has 0 aliphatic carbocycles. The van der Waals surface area contributed by atoms with Gasteiger partial charge in [-0.2, -0.15) is 0 Å². The van der Waals surface area contributed by atoms with E-state index < -0.39 is 34.1 Å². The number of methoxy groups -OCH3 is 1. The predicted molar refractivity (Wildman–Crippen MR) is 140 cm³/mol. The highest BCUT2D eigenvalue weighted by atomic mass is 35.5. The van der Waals surface area contributed by atoms with Crippen LogP contribution >= 0.6 is 23.2 Å². The lowest BCUT2D eigenvalue weighted by molar-refractivity contribution is -0.140. The number of anilines is 1. The van der Waals surface area contributed by atoms with E-state index >= 15 is 0 Å². The Morgan fingerprint density at radius 3 is 2.31 bits per heavy atom. The van der Waals surface area contributed by atoms with Gasteiger partial charge in [0.25, 0.3) is 0 Å². The summed E-state index contributed by atoms with van der Waals surface area (Å²) in [7, 11) is -2.37. The number of hydrogen-bond donors (Lipinski definition) is 1.